The summed E-state index contributed by atoms with van der Waals surface area (Å²) >= 11 is 0. The molecule has 0 heterocycles. The van der Waals surface area contributed by atoms with Crippen molar-refractivity contribution in [3.8, 4) is 5.75 Å². The van der Waals surface area contributed by atoms with Crippen molar-refractivity contribution in [2.45, 2.75) is 13.5 Å². The van der Waals surface area contributed by atoms with Crippen molar-refractivity contribution < 1.29 is 18.3 Å². The Balaban J connectivity index is 1.64. The van der Waals surface area contributed by atoms with Crippen molar-refractivity contribution in [2.75, 3.05) is 13.2 Å². The fourth-order valence-electron chi connectivity index (χ4n) is 1.85. The van der Waals surface area contributed by atoms with Crippen LogP contribution in [0.3, 0.4) is 0 Å². The van der Waals surface area contributed by atoms with E-state index in [9.17, 15) is 13.6 Å². The van der Waals surface area contributed by atoms with E-state index in [-0.39, 0.29) is 24.9 Å². The minimum atomic E-state index is -0.966. The summed E-state index contributed by atoms with van der Waals surface area (Å²) in [6, 6.07) is 10.8. The molecule has 0 fully saturated rings. The number of carbonyl (C=O) groups excluding carboxylic acids is 1. The van der Waals surface area contributed by atoms with Crippen LogP contribution in [0.25, 0.3) is 0 Å². The number of hydrogen-bond donors (Lipinski definition) is 2. The second kappa shape index (κ2) is 8.12. The van der Waals surface area contributed by atoms with Gasteiger partial charge in [-0.25, -0.2) is 13.6 Å². The number of aryl methyl sites for hydroxylation is 1. The van der Waals surface area contributed by atoms with Gasteiger partial charge in [-0.15, -0.1) is 0 Å². The number of ether oxygens (including phenoxy) is 1. The molecule has 6 heteroatoms. The van der Waals surface area contributed by atoms with E-state index in [0.717, 1.165) is 23.3 Å². The molecule has 0 aromatic heterocycles. The molecule has 2 aromatic rings. The van der Waals surface area contributed by atoms with Gasteiger partial charge in [0.15, 0.2) is 11.6 Å². The summed E-state index contributed by atoms with van der Waals surface area (Å²) in [5.74, 6) is -1.68. The Morgan fingerprint density at radius 2 is 1.78 bits per heavy atom. The molecule has 122 valence electrons. The first-order valence-electron chi connectivity index (χ1n) is 7.19. The van der Waals surface area contributed by atoms with Gasteiger partial charge in [-0.1, -0.05) is 29.8 Å². The maximum absolute atomic E-state index is 13.0. The van der Waals surface area contributed by atoms with Crippen molar-refractivity contribution in [2.24, 2.45) is 0 Å². The lowest BCUT2D eigenvalue weighted by Gasteiger charge is -2.09. The number of rotatable bonds is 6. The van der Waals surface area contributed by atoms with Gasteiger partial charge in [0.05, 0.1) is 6.54 Å². The smallest absolute Gasteiger partial charge is 0.315 e. The highest BCUT2D eigenvalue weighted by atomic mass is 19.2. The van der Waals surface area contributed by atoms with Crippen LogP contribution in [0, 0.1) is 18.6 Å². The minimum absolute atomic E-state index is 0.156. The minimum Gasteiger partial charge on any atom is -0.492 e. The molecule has 0 spiro atoms. The highest BCUT2D eigenvalue weighted by molar-refractivity contribution is 5.73. The third kappa shape index (κ3) is 5.58. The molecule has 23 heavy (non-hydrogen) atoms. The lowest BCUT2D eigenvalue weighted by atomic mass is 10.1. The molecule has 0 aliphatic rings. The fraction of sp³-hybridized carbons (Fsp3) is 0.235. The van der Waals surface area contributed by atoms with Crippen LogP contribution in [0.5, 0.6) is 5.75 Å². The summed E-state index contributed by atoms with van der Waals surface area (Å²) in [5.41, 5.74) is 2.16. The molecule has 2 amide bonds. The van der Waals surface area contributed by atoms with Gasteiger partial charge in [0, 0.05) is 12.6 Å². The van der Waals surface area contributed by atoms with Crippen LogP contribution in [0.1, 0.15) is 11.1 Å². The van der Waals surface area contributed by atoms with Gasteiger partial charge < -0.3 is 15.4 Å². The molecule has 0 radical (unpaired) electrons. The van der Waals surface area contributed by atoms with Crippen LogP contribution in [0.15, 0.2) is 42.5 Å². The fourth-order valence-corrected chi connectivity index (χ4v) is 1.85. The zero-order valence-electron chi connectivity index (χ0n) is 12.7. The van der Waals surface area contributed by atoms with Crippen LogP contribution in [-0.2, 0) is 6.54 Å². The average molecular weight is 320 g/mol. The van der Waals surface area contributed by atoms with Gasteiger partial charge in [0.2, 0.25) is 0 Å². The molecule has 4 nitrogen and oxygen atoms in total. The molecule has 0 aliphatic carbocycles. The Morgan fingerprint density at radius 3 is 2.48 bits per heavy atom. The van der Waals surface area contributed by atoms with Crippen molar-refractivity contribution in [3.63, 3.8) is 0 Å². The maximum Gasteiger partial charge on any atom is 0.315 e. The summed E-state index contributed by atoms with van der Waals surface area (Å²) in [6.07, 6.45) is 0. The van der Waals surface area contributed by atoms with Crippen LogP contribution in [-0.4, -0.2) is 19.2 Å². The number of benzene rings is 2. The summed E-state index contributed by atoms with van der Waals surface area (Å²) in [6.45, 7) is 2.83. The highest BCUT2D eigenvalue weighted by Crippen LogP contribution is 2.14. The molecular weight excluding hydrogens is 302 g/mol. The summed E-state index contributed by atoms with van der Waals surface area (Å²) < 4.78 is 30.9. The third-order valence-corrected chi connectivity index (χ3v) is 3.12. The molecule has 0 unspecified atom stereocenters. The lowest BCUT2D eigenvalue weighted by Crippen LogP contribution is -2.37. The number of carbonyl (C=O) groups is 1. The Bertz CT molecular complexity index is 660. The van der Waals surface area contributed by atoms with Gasteiger partial charge in [-0.3, -0.25) is 0 Å². The molecule has 0 saturated carbocycles. The first-order valence-corrected chi connectivity index (χ1v) is 7.19. The molecule has 0 aliphatic heterocycles. The first-order chi connectivity index (χ1) is 11.0. The van der Waals surface area contributed by atoms with E-state index in [0.29, 0.717) is 6.54 Å². The van der Waals surface area contributed by atoms with Gasteiger partial charge in [0.1, 0.15) is 12.4 Å². The predicted molar refractivity (Wildman–Crippen MR) is 83.3 cm³/mol. The molecule has 2 aromatic carbocycles. The Labute approximate surface area is 133 Å². The Hall–Kier alpha value is -2.63. The highest BCUT2D eigenvalue weighted by Gasteiger charge is 2.04. The van der Waals surface area contributed by atoms with Gasteiger partial charge >= 0.3 is 6.03 Å². The topological polar surface area (TPSA) is 50.4 Å². The first kappa shape index (κ1) is 16.7. The van der Waals surface area contributed by atoms with Crippen LogP contribution >= 0.6 is 0 Å². The van der Waals surface area contributed by atoms with E-state index in [1.54, 1.807) is 0 Å². The van der Waals surface area contributed by atoms with Crippen molar-refractivity contribution in [3.05, 3.63) is 65.2 Å². The largest absolute Gasteiger partial charge is 0.492 e. The number of amides is 2. The lowest BCUT2D eigenvalue weighted by molar-refractivity contribution is 0.236. The summed E-state index contributed by atoms with van der Waals surface area (Å²) in [5, 5.41) is 5.34. The number of halogens is 2. The predicted octanol–water partition coefficient (Wildman–Crippen LogP) is 3.15. The van der Waals surface area contributed by atoms with Crippen LogP contribution in [0.2, 0.25) is 0 Å². The molecule has 0 atom stereocenters. The standard InChI is InChI=1S/C17H18F2N2O2/c1-12-2-4-13(5-3-12)11-21-17(22)20-8-9-23-14-6-7-15(18)16(19)10-14/h2-7,10H,8-9,11H2,1H3,(H2,20,21,22). The molecule has 0 saturated heterocycles. The Morgan fingerprint density at radius 1 is 1.04 bits per heavy atom. The van der Waals surface area contributed by atoms with E-state index in [4.69, 9.17) is 4.74 Å². The van der Waals surface area contributed by atoms with Crippen molar-refractivity contribution >= 4 is 6.03 Å². The quantitative estimate of drug-likeness (QED) is 0.803. The number of urea groups is 1. The monoisotopic (exact) mass is 320 g/mol. The van der Waals surface area contributed by atoms with Gasteiger partial charge in [0.25, 0.3) is 0 Å². The Kier molecular flexibility index (Phi) is 5.91. The molecular formula is C17H18F2N2O2. The van der Waals surface area contributed by atoms with Crippen molar-refractivity contribution in [1.29, 1.82) is 0 Å². The van der Waals surface area contributed by atoms with Gasteiger partial charge in [-0.2, -0.15) is 0 Å². The van der Waals surface area contributed by atoms with Crippen molar-refractivity contribution in [1.82, 2.24) is 10.6 Å². The summed E-state index contributed by atoms with van der Waals surface area (Å²) in [4.78, 5) is 11.6. The molecule has 0 bridgehead atoms. The van der Waals surface area contributed by atoms with E-state index >= 15 is 0 Å². The van der Waals surface area contributed by atoms with E-state index < -0.39 is 11.6 Å². The molecule has 2 N–H and O–H groups in total. The second-order valence-electron chi connectivity index (χ2n) is 5.02. The van der Waals surface area contributed by atoms with E-state index in [1.165, 1.54) is 6.07 Å². The van der Waals surface area contributed by atoms with Gasteiger partial charge in [-0.05, 0) is 24.6 Å². The van der Waals surface area contributed by atoms with Crippen LogP contribution in [0.4, 0.5) is 13.6 Å². The zero-order chi connectivity index (χ0) is 16.7. The van der Waals surface area contributed by atoms with E-state index in [1.807, 2.05) is 31.2 Å². The number of hydrogen-bond acceptors (Lipinski definition) is 2. The summed E-state index contributed by atoms with van der Waals surface area (Å²) in [7, 11) is 0. The second-order valence-corrected chi connectivity index (χ2v) is 5.02. The molecule has 2 rings (SSSR count). The zero-order valence-corrected chi connectivity index (χ0v) is 12.7. The average Bonchev–Trinajstić information content (AvgIpc) is 2.54. The van der Waals surface area contributed by atoms with E-state index in [2.05, 4.69) is 10.6 Å². The normalized spacial score (nSPS) is 10.2. The maximum atomic E-state index is 13.0. The third-order valence-electron chi connectivity index (χ3n) is 3.12. The SMILES string of the molecule is Cc1ccc(CNC(=O)NCCOc2ccc(F)c(F)c2)cc1. The number of nitrogens with one attached hydrogen (secondary N) is 2. The van der Waals surface area contributed by atoms with Crippen LogP contribution < -0.4 is 15.4 Å².